The highest BCUT2D eigenvalue weighted by Crippen LogP contribution is 2.19. The molecule has 0 radical (unpaired) electrons. The van der Waals surface area contributed by atoms with Crippen molar-refractivity contribution in [3.63, 3.8) is 0 Å². The van der Waals surface area contributed by atoms with Crippen molar-refractivity contribution in [1.29, 1.82) is 0 Å². The molecular weight excluding hydrogens is 266 g/mol. The van der Waals surface area contributed by atoms with E-state index in [9.17, 15) is 4.79 Å². The molecule has 6 heteroatoms. The molecule has 1 aromatic carbocycles. The molecule has 0 fully saturated rings. The van der Waals surface area contributed by atoms with Crippen LogP contribution < -0.4 is 11.1 Å². The molecule has 2 atom stereocenters. The Balaban J connectivity index is 1.69. The smallest absolute Gasteiger partial charge is 0.242 e. The molecule has 2 heterocycles. The van der Waals surface area contributed by atoms with Gasteiger partial charge in [-0.1, -0.05) is 30.3 Å². The number of aryl methyl sites for hydroxylation is 1. The van der Waals surface area contributed by atoms with E-state index < -0.39 is 6.04 Å². The highest BCUT2D eigenvalue weighted by atomic mass is 16.2. The number of nitrogens with zero attached hydrogens (tertiary/aromatic N) is 3. The zero-order valence-corrected chi connectivity index (χ0v) is 12.0. The van der Waals surface area contributed by atoms with Gasteiger partial charge in [-0.25, -0.2) is 0 Å². The fourth-order valence-corrected chi connectivity index (χ4v) is 2.67. The van der Waals surface area contributed by atoms with E-state index in [0.717, 1.165) is 36.6 Å². The number of amides is 1. The maximum atomic E-state index is 12.3. The molecule has 21 heavy (non-hydrogen) atoms. The van der Waals surface area contributed by atoms with E-state index in [1.165, 1.54) is 0 Å². The van der Waals surface area contributed by atoms with E-state index in [-0.39, 0.29) is 11.9 Å². The minimum Gasteiger partial charge on any atom is -0.345 e. The van der Waals surface area contributed by atoms with Crippen molar-refractivity contribution in [2.45, 2.75) is 38.4 Å². The molecule has 3 rings (SSSR count). The van der Waals surface area contributed by atoms with Crippen molar-refractivity contribution >= 4 is 5.91 Å². The zero-order valence-electron chi connectivity index (χ0n) is 12.0. The second-order valence-corrected chi connectivity index (χ2v) is 5.35. The van der Waals surface area contributed by atoms with Crippen LogP contribution in [0.2, 0.25) is 0 Å². The van der Waals surface area contributed by atoms with Gasteiger partial charge in [0.1, 0.15) is 11.9 Å². The van der Waals surface area contributed by atoms with Gasteiger partial charge in [-0.05, 0) is 18.9 Å². The van der Waals surface area contributed by atoms with Gasteiger partial charge in [-0.2, -0.15) is 0 Å². The molecule has 2 unspecified atom stereocenters. The molecule has 110 valence electrons. The predicted molar refractivity (Wildman–Crippen MR) is 78.3 cm³/mol. The van der Waals surface area contributed by atoms with Gasteiger partial charge in [-0.3, -0.25) is 4.79 Å². The van der Waals surface area contributed by atoms with Gasteiger partial charge in [0.05, 0.1) is 6.04 Å². The molecule has 2 aromatic rings. The van der Waals surface area contributed by atoms with E-state index in [0.29, 0.717) is 0 Å². The van der Waals surface area contributed by atoms with Gasteiger partial charge in [-0.15, -0.1) is 10.2 Å². The lowest BCUT2D eigenvalue weighted by Crippen LogP contribution is -2.36. The van der Waals surface area contributed by atoms with Crippen LogP contribution in [0, 0.1) is 0 Å². The highest BCUT2D eigenvalue weighted by molar-refractivity contribution is 5.83. The highest BCUT2D eigenvalue weighted by Gasteiger charge is 2.24. The molecule has 1 aromatic heterocycles. The van der Waals surface area contributed by atoms with Crippen LogP contribution in [-0.4, -0.2) is 20.7 Å². The van der Waals surface area contributed by atoms with Crippen LogP contribution in [0.5, 0.6) is 0 Å². The lowest BCUT2D eigenvalue weighted by Gasteiger charge is -2.17. The van der Waals surface area contributed by atoms with Crippen molar-refractivity contribution in [3.8, 4) is 0 Å². The summed E-state index contributed by atoms with van der Waals surface area (Å²) in [6, 6.07) is 8.47. The lowest BCUT2D eigenvalue weighted by atomic mass is 10.1. The average Bonchev–Trinajstić information content (AvgIpc) is 3.09. The zero-order chi connectivity index (χ0) is 14.8. The molecule has 0 bridgehead atoms. The number of hydrogen-bond acceptors (Lipinski definition) is 4. The second kappa shape index (κ2) is 5.65. The maximum absolute atomic E-state index is 12.3. The summed E-state index contributed by atoms with van der Waals surface area (Å²) in [6.45, 7) is 2.83. The predicted octanol–water partition coefficient (Wildman–Crippen LogP) is 1.10. The van der Waals surface area contributed by atoms with Crippen LogP contribution in [0.4, 0.5) is 0 Å². The number of benzene rings is 1. The molecule has 0 saturated carbocycles. The van der Waals surface area contributed by atoms with Crippen LogP contribution >= 0.6 is 0 Å². The quantitative estimate of drug-likeness (QED) is 0.881. The first-order valence-corrected chi connectivity index (χ1v) is 7.19. The van der Waals surface area contributed by atoms with E-state index in [1.54, 1.807) is 0 Å². The average molecular weight is 285 g/mol. The summed E-state index contributed by atoms with van der Waals surface area (Å²) in [5.41, 5.74) is 6.80. The fraction of sp³-hybridized carbons (Fsp3) is 0.400. The Hall–Kier alpha value is -2.21. The monoisotopic (exact) mass is 285 g/mol. The van der Waals surface area contributed by atoms with E-state index in [2.05, 4.69) is 20.1 Å². The summed E-state index contributed by atoms with van der Waals surface area (Å²) in [5.74, 6) is 1.60. The Morgan fingerprint density at radius 1 is 1.33 bits per heavy atom. The Bertz CT molecular complexity index is 637. The summed E-state index contributed by atoms with van der Waals surface area (Å²) in [7, 11) is 0. The van der Waals surface area contributed by atoms with Crippen LogP contribution in [0.3, 0.4) is 0 Å². The van der Waals surface area contributed by atoms with Crippen LogP contribution in [0.15, 0.2) is 30.3 Å². The third kappa shape index (κ3) is 2.67. The number of nitrogens with one attached hydrogen (secondary N) is 1. The molecule has 1 amide bonds. The van der Waals surface area contributed by atoms with E-state index in [1.807, 2.05) is 37.3 Å². The number of nitrogens with two attached hydrogens (primary N) is 1. The minimum atomic E-state index is -0.672. The summed E-state index contributed by atoms with van der Waals surface area (Å²) in [4.78, 5) is 12.3. The summed E-state index contributed by atoms with van der Waals surface area (Å²) >= 11 is 0. The van der Waals surface area contributed by atoms with Gasteiger partial charge in [0.2, 0.25) is 5.91 Å². The fourth-order valence-electron chi connectivity index (χ4n) is 2.67. The van der Waals surface area contributed by atoms with Crippen molar-refractivity contribution < 1.29 is 4.79 Å². The first-order chi connectivity index (χ1) is 10.2. The number of hydrogen-bond donors (Lipinski definition) is 2. The molecule has 1 aliphatic rings. The number of fused-ring (bicyclic) bond motifs is 1. The van der Waals surface area contributed by atoms with Crippen molar-refractivity contribution in [3.05, 3.63) is 47.5 Å². The Morgan fingerprint density at radius 2 is 2.10 bits per heavy atom. The van der Waals surface area contributed by atoms with Crippen LogP contribution in [-0.2, 0) is 17.8 Å². The maximum Gasteiger partial charge on any atom is 0.242 e. The first kappa shape index (κ1) is 13.8. The number of carbonyl (C=O) groups excluding carboxylic acids is 1. The summed E-state index contributed by atoms with van der Waals surface area (Å²) in [5, 5.41) is 11.3. The normalized spacial score (nSPS) is 16.3. The third-order valence-electron chi connectivity index (χ3n) is 3.83. The Morgan fingerprint density at radius 3 is 2.86 bits per heavy atom. The van der Waals surface area contributed by atoms with E-state index in [4.69, 9.17) is 5.73 Å². The lowest BCUT2D eigenvalue weighted by molar-refractivity contribution is -0.123. The van der Waals surface area contributed by atoms with Gasteiger partial charge in [0.15, 0.2) is 5.82 Å². The SMILES string of the molecule is CC(NC(=O)C(N)c1ccccc1)c1nnc2n1CCC2. The Labute approximate surface area is 123 Å². The van der Waals surface area contributed by atoms with E-state index >= 15 is 0 Å². The minimum absolute atomic E-state index is 0.202. The van der Waals surface area contributed by atoms with Gasteiger partial charge in [0.25, 0.3) is 0 Å². The number of carbonyl (C=O) groups is 1. The van der Waals surface area contributed by atoms with Crippen LogP contribution in [0.1, 0.15) is 42.6 Å². The Kier molecular flexibility index (Phi) is 3.70. The summed E-state index contributed by atoms with van der Waals surface area (Å²) in [6.07, 6.45) is 2.04. The molecular formula is C15H19N5O. The van der Waals surface area contributed by atoms with Gasteiger partial charge >= 0.3 is 0 Å². The van der Waals surface area contributed by atoms with Crippen LogP contribution in [0.25, 0.3) is 0 Å². The first-order valence-electron chi connectivity index (χ1n) is 7.19. The molecule has 1 aliphatic heterocycles. The topological polar surface area (TPSA) is 85.8 Å². The van der Waals surface area contributed by atoms with Crippen molar-refractivity contribution in [1.82, 2.24) is 20.1 Å². The number of rotatable bonds is 4. The molecule has 0 spiro atoms. The van der Waals surface area contributed by atoms with Gasteiger partial charge in [0, 0.05) is 13.0 Å². The standard InChI is InChI=1S/C15H19N5O/c1-10(14-19-18-12-8-5-9-20(12)14)17-15(21)13(16)11-6-3-2-4-7-11/h2-4,6-7,10,13H,5,8-9,16H2,1H3,(H,17,21). The molecule has 0 saturated heterocycles. The second-order valence-electron chi connectivity index (χ2n) is 5.35. The number of aromatic nitrogens is 3. The molecule has 0 aliphatic carbocycles. The van der Waals surface area contributed by atoms with Gasteiger partial charge < -0.3 is 15.6 Å². The van der Waals surface area contributed by atoms with Crippen molar-refractivity contribution in [2.75, 3.05) is 0 Å². The largest absolute Gasteiger partial charge is 0.345 e. The third-order valence-corrected chi connectivity index (χ3v) is 3.83. The summed E-state index contributed by atoms with van der Waals surface area (Å²) < 4.78 is 2.08. The van der Waals surface area contributed by atoms with Crippen molar-refractivity contribution in [2.24, 2.45) is 5.73 Å². The molecule has 6 nitrogen and oxygen atoms in total. The molecule has 3 N–H and O–H groups in total.